The number of carbonyl (C=O) groups is 1. The molecule has 2 rings (SSSR count). The molecule has 146 valence electrons. The summed E-state index contributed by atoms with van der Waals surface area (Å²) < 4.78 is 13.2. The first-order valence-electron chi connectivity index (χ1n) is 9.40. The first kappa shape index (κ1) is 20.9. The minimum atomic E-state index is -0.261. The molecule has 2 aromatic carbocycles. The fourth-order valence-corrected chi connectivity index (χ4v) is 3.23. The smallest absolute Gasteiger partial charge is 0.251 e. The van der Waals surface area contributed by atoms with Gasteiger partial charge in [-0.3, -0.25) is 4.79 Å². The maximum atomic E-state index is 13.2. The molecular weight excluding hydrogens is 341 g/mol. The van der Waals surface area contributed by atoms with Gasteiger partial charge in [-0.05, 0) is 76.8 Å². The molecule has 27 heavy (non-hydrogen) atoms. The van der Waals surface area contributed by atoms with Crippen molar-refractivity contribution in [1.29, 1.82) is 0 Å². The van der Waals surface area contributed by atoms with Crippen LogP contribution in [0.25, 0.3) is 0 Å². The lowest BCUT2D eigenvalue weighted by atomic mass is 10.1. The van der Waals surface area contributed by atoms with Crippen LogP contribution in [0.5, 0.6) is 0 Å². The molecular formula is C22H30FN3O. The molecule has 0 radical (unpaired) electrons. The number of hydrogen-bond acceptors (Lipinski definition) is 3. The van der Waals surface area contributed by atoms with E-state index >= 15 is 0 Å². The van der Waals surface area contributed by atoms with Gasteiger partial charge in [-0.1, -0.05) is 12.1 Å². The second kappa shape index (κ2) is 9.51. The molecule has 5 heteroatoms. The first-order valence-corrected chi connectivity index (χ1v) is 9.40. The Morgan fingerprint density at radius 3 is 2.11 bits per heavy atom. The van der Waals surface area contributed by atoms with Gasteiger partial charge < -0.3 is 15.1 Å². The number of hydrogen-bond donors (Lipinski definition) is 1. The van der Waals surface area contributed by atoms with E-state index in [0.717, 1.165) is 17.8 Å². The van der Waals surface area contributed by atoms with Crippen molar-refractivity contribution in [3.8, 4) is 0 Å². The molecule has 0 heterocycles. The Morgan fingerprint density at radius 2 is 1.63 bits per heavy atom. The van der Waals surface area contributed by atoms with Gasteiger partial charge in [0, 0.05) is 30.4 Å². The van der Waals surface area contributed by atoms with Crippen molar-refractivity contribution in [3.63, 3.8) is 0 Å². The second-order valence-corrected chi connectivity index (χ2v) is 7.17. The number of halogens is 1. The predicted molar refractivity (Wildman–Crippen MR) is 110 cm³/mol. The normalized spacial score (nSPS) is 12.3. The van der Waals surface area contributed by atoms with Gasteiger partial charge in [0.15, 0.2) is 0 Å². The Kier molecular flexibility index (Phi) is 7.36. The third kappa shape index (κ3) is 5.54. The third-order valence-corrected chi connectivity index (χ3v) is 4.76. The molecule has 0 fully saturated rings. The van der Waals surface area contributed by atoms with E-state index in [-0.39, 0.29) is 17.8 Å². The molecule has 0 aliphatic heterocycles. The minimum Gasteiger partial charge on any atom is -0.369 e. The fourth-order valence-electron chi connectivity index (χ4n) is 3.23. The maximum Gasteiger partial charge on any atom is 0.251 e. The average Bonchev–Trinajstić information content (AvgIpc) is 2.63. The molecule has 4 nitrogen and oxygen atoms in total. The molecule has 0 spiro atoms. The monoisotopic (exact) mass is 371 g/mol. The maximum absolute atomic E-state index is 13.2. The summed E-state index contributed by atoms with van der Waals surface area (Å²) in [7, 11) is 3.89. The van der Waals surface area contributed by atoms with E-state index in [1.165, 1.54) is 12.1 Å². The lowest BCUT2D eigenvalue weighted by Gasteiger charge is -2.27. The van der Waals surface area contributed by atoms with E-state index < -0.39 is 0 Å². The van der Waals surface area contributed by atoms with E-state index in [4.69, 9.17) is 0 Å². The summed E-state index contributed by atoms with van der Waals surface area (Å²) in [4.78, 5) is 16.8. The number of nitrogens with zero attached hydrogens (tertiary/aromatic N) is 2. The molecule has 1 atom stereocenters. The highest BCUT2D eigenvalue weighted by atomic mass is 19.1. The molecule has 0 bridgehead atoms. The zero-order chi connectivity index (χ0) is 20.0. The third-order valence-electron chi connectivity index (χ3n) is 4.76. The van der Waals surface area contributed by atoms with Gasteiger partial charge in [-0.25, -0.2) is 4.39 Å². The van der Waals surface area contributed by atoms with E-state index in [2.05, 4.69) is 31.0 Å². The van der Waals surface area contributed by atoms with Crippen LogP contribution in [0.3, 0.4) is 0 Å². The van der Waals surface area contributed by atoms with E-state index in [9.17, 15) is 9.18 Å². The van der Waals surface area contributed by atoms with Gasteiger partial charge in [-0.2, -0.15) is 0 Å². The van der Waals surface area contributed by atoms with Crippen LogP contribution in [-0.2, 0) is 0 Å². The highest BCUT2D eigenvalue weighted by Gasteiger charge is 2.16. The van der Waals surface area contributed by atoms with E-state index in [1.807, 2.05) is 43.3 Å². The van der Waals surface area contributed by atoms with Crippen LogP contribution in [0.15, 0.2) is 48.5 Å². The van der Waals surface area contributed by atoms with Crippen molar-refractivity contribution >= 4 is 11.6 Å². The molecule has 1 amide bonds. The minimum absolute atomic E-state index is 0.0228. The number of amides is 1. The van der Waals surface area contributed by atoms with Crippen molar-refractivity contribution in [2.24, 2.45) is 0 Å². The molecule has 1 unspecified atom stereocenters. The Balaban J connectivity index is 2.04. The summed E-state index contributed by atoms with van der Waals surface area (Å²) in [6, 6.07) is 14.5. The highest BCUT2D eigenvalue weighted by molar-refractivity contribution is 5.94. The van der Waals surface area contributed by atoms with Gasteiger partial charge in [0.1, 0.15) is 5.82 Å². The van der Waals surface area contributed by atoms with Crippen LogP contribution in [0, 0.1) is 5.82 Å². The van der Waals surface area contributed by atoms with Gasteiger partial charge in [0.2, 0.25) is 0 Å². The van der Waals surface area contributed by atoms with Crippen molar-refractivity contribution in [2.45, 2.75) is 32.9 Å². The number of likely N-dealkylation sites (N-methyl/N-ethyl adjacent to an activating group) is 1. The SMILES string of the molecule is CCN(c1ccc(C(=O)NCC(c2ccc(F)cc2)N(C)C)cc1)C(C)C. The highest BCUT2D eigenvalue weighted by Crippen LogP contribution is 2.19. The van der Waals surface area contributed by atoms with Crippen LogP contribution in [0.1, 0.15) is 42.7 Å². The Bertz CT molecular complexity index is 726. The number of anilines is 1. The average molecular weight is 372 g/mol. The molecule has 2 aromatic rings. The summed E-state index contributed by atoms with van der Waals surface area (Å²) in [6.45, 7) is 7.80. The van der Waals surface area contributed by atoms with Gasteiger partial charge in [-0.15, -0.1) is 0 Å². The van der Waals surface area contributed by atoms with Crippen LogP contribution in [0.4, 0.5) is 10.1 Å². The Morgan fingerprint density at radius 1 is 1.04 bits per heavy atom. The first-order chi connectivity index (χ1) is 12.8. The molecule has 0 aromatic heterocycles. The van der Waals surface area contributed by atoms with Crippen molar-refractivity contribution in [3.05, 3.63) is 65.5 Å². The topological polar surface area (TPSA) is 35.6 Å². The summed E-state index contributed by atoms with van der Waals surface area (Å²) >= 11 is 0. The van der Waals surface area contributed by atoms with Gasteiger partial charge in [0.25, 0.3) is 5.91 Å². The molecule has 0 aliphatic rings. The Labute approximate surface area is 162 Å². The summed E-state index contributed by atoms with van der Waals surface area (Å²) in [5, 5.41) is 2.99. The quantitative estimate of drug-likeness (QED) is 0.759. The van der Waals surface area contributed by atoms with Gasteiger partial charge >= 0.3 is 0 Å². The zero-order valence-electron chi connectivity index (χ0n) is 16.9. The van der Waals surface area contributed by atoms with Crippen LogP contribution in [-0.4, -0.2) is 44.0 Å². The number of nitrogens with one attached hydrogen (secondary N) is 1. The largest absolute Gasteiger partial charge is 0.369 e. The molecule has 1 N–H and O–H groups in total. The van der Waals surface area contributed by atoms with Crippen molar-refractivity contribution in [2.75, 3.05) is 32.1 Å². The number of carbonyl (C=O) groups excluding carboxylic acids is 1. The summed E-state index contributed by atoms with van der Waals surface area (Å²) in [6.07, 6.45) is 0. The predicted octanol–water partition coefficient (Wildman–Crippen LogP) is 4.09. The standard InChI is InChI=1S/C22H30FN3O/c1-6-26(16(2)3)20-13-9-18(10-14-20)22(27)24-15-21(25(4)5)17-7-11-19(23)12-8-17/h7-14,16,21H,6,15H2,1-5H3,(H,24,27). The lowest BCUT2D eigenvalue weighted by molar-refractivity contribution is 0.0942. The molecule has 0 saturated heterocycles. The zero-order valence-corrected chi connectivity index (χ0v) is 16.9. The van der Waals surface area contributed by atoms with E-state index in [0.29, 0.717) is 18.2 Å². The van der Waals surface area contributed by atoms with E-state index in [1.54, 1.807) is 12.1 Å². The summed E-state index contributed by atoms with van der Waals surface area (Å²) in [5.41, 5.74) is 2.71. The van der Waals surface area contributed by atoms with Crippen LogP contribution < -0.4 is 10.2 Å². The number of benzene rings is 2. The fraction of sp³-hybridized carbons (Fsp3) is 0.409. The Hall–Kier alpha value is -2.40. The molecule has 0 saturated carbocycles. The van der Waals surface area contributed by atoms with Gasteiger partial charge in [0.05, 0.1) is 6.04 Å². The second-order valence-electron chi connectivity index (χ2n) is 7.17. The van der Waals surface area contributed by atoms with Crippen LogP contribution in [0.2, 0.25) is 0 Å². The van der Waals surface area contributed by atoms with Crippen molar-refractivity contribution < 1.29 is 9.18 Å². The summed E-state index contributed by atoms with van der Waals surface area (Å²) in [5.74, 6) is -0.369. The van der Waals surface area contributed by atoms with Crippen molar-refractivity contribution in [1.82, 2.24) is 10.2 Å². The number of rotatable bonds is 8. The van der Waals surface area contributed by atoms with Crippen LogP contribution >= 0.6 is 0 Å². The molecule has 0 aliphatic carbocycles. The lowest BCUT2D eigenvalue weighted by Crippen LogP contribution is -2.34.